The third kappa shape index (κ3) is 5.42. The maximum absolute atomic E-state index is 13.3. The SMILES string of the molecule is C[C@H](NC(=O)CN(C1CCCCC1)S(=O)(=O)c1ccccc1)c1ccc(F)cc1. The first-order valence-electron chi connectivity index (χ1n) is 9.99. The molecule has 1 aliphatic carbocycles. The standard InChI is InChI=1S/C22H27FN2O3S/c1-17(18-12-14-19(23)15-13-18)24-22(26)16-25(20-8-4-2-5-9-20)29(27,28)21-10-6-3-7-11-21/h3,6-7,10-15,17,20H,2,4-5,8-9,16H2,1H3,(H,24,26)/t17-/m0/s1. The smallest absolute Gasteiger partial charge is 0.243 e. The number of hydrogen-bond donors (Lipinski definition) is 1. The monoisotopic (exact) mass is 418 g/mol. The van der Waals surface area contributed by atoms with E-state index in [1.807, 2.05) is 0 Å². The molecule has 156 valence electrons. The van der Waals surface area contributed by atoms with Gasteiger partial charge in [0.2, 0.25) is 15.9 Å². The molecule has 0 aliphatic heterocycles. The Hall–Kier alpha value is -2.25. The largest absolute Gasteiger partial charge is 0.348 e. The average Bonchev–Trinajstić information content (AvgIpc) is 2.73. The Morgan fingerprint density at radius 1 is 1.07 bits per heavy atom. The summed E-state index contributed by atoms with van der Waals surface area (Å²) in [6, 6.07) is 13.6. The molecule has 2 aromatic carbocycles. The fraction of sp³-hybridized carbons (Fsp3) is 0.409. The summed E-state index contributed by atoms with van der Waals surface area (Å²) in [5.41, 5.74) is 0.759. The minimum atomic E-state index is -3.78. The number of carbonyl (C=O) groups excluding carboxylic acids is 1. The van der Waals surface area contributed by atoms with E-state index in [1.165, 1.54) is 16.4 Å². The third-order valence-electron chi connectivity index (χ3n) is 5.38. The molecule has 0 heterocycles. The molecule has 29 heavy (non-hydrogen) atoms. The summed E-state index contributed by atoms with van der Waals surface area (Å²) in [7, 11) is -3.78. The second-order valence-corrected chi connectivity index (χ2v) is 9.39. The Labute approximate surface area is 172 Å². The van der Waals surface area contributed by atoms with E-state index in [1.54, 1.807) is 49.4 Å². The highest BCUT2D eigenvalue weighted by Gasteiger charge is 2.34. The molecule has 0 aromatic heterocycles. The van der Waals surface area contributed by atoms with E-state index in [0.717, 1.165) is 37.7 Å². The van der Waals surface area contributed by atoms with Crippen molar-refractivity contribution in [2.45, 2.75) is 56.0 Å². The first kappa shape index (κ1) is 21.5. The maximum atomic E-state index is 13.3. The van der Waals surface area contributed by atoms with Gasteiger partial charge in [0.25, 0.3) is 0 Å². The molecule has 0 bridgehead atoms. The van der Waals surface area contributed by atoms with E-state index in [9.17, 15) is 17.6 Å². The van der Waals surface area contributed by atoms with Crippen LogP contribution in [0.3, 0.4) is 0 Å². The lowest BCUT2D eigenvalue weighted by molar-refractivity contribution is -0.122. The number of halogens is 1. The van der Waals surface area contributed by atoms with Crippen molar-refractivity contribution in [2.75, 3.05) is 6.54 Å². The number of hydrogen-bond acceptors (Lipinski definition) is 3. The maximum Gasteiger partial charge on any atom is 0.243 e. The highest BCUT2D eigenvalue weighted by atomic mass is 32.2. The topological polar surface area (TPSA) is 66.5 Å². The molecule has 1 amide bonds. The molecule has 1 N–H and O–H groups in total. The lowest BCUT2D eigenvalue weighted by Crippen LogP contribution is -2.47. The van der Waals surface area contributed by atoms with Crippen molar-refractivity contribution >= 4 is 15.9 Å². The zero-order valence-corrected chi connectivity index (χ0v) is 17.4. The van der Waals surface area contributed by atoms with Crippen LogP contribution in [0.1, 0.15) is 50.6 Å². The van der Waals surface area contributed by atoms with E-state index >= 15 is 0 Å². The Morgan fingerprint density at radius 3 is 2.31 bits per heavy atom. The summed E-state index contributed by atoms with van der Waals surface area (Å²) in [4.78, 5) is 12.9. The van der Waals surface area contributed by atoms with Crippen LogP contribution >= 0.6 is 0 Å². The van der Waals surface area contributed by atoms with E-state index in [-0.39, 0.29) is 35.2 Å². The fourth-order valence-electron chi connectivity index (χ4n) is 3.77. The van der Waals surface area contributed by atoms with Crippen molar-refractivity contribution in [1.82, 2.24) is 9.62 Å². The molecule has 7 heteroatoms. The predicted molar refractivity (Wildman–Crippen MR) is 110 cm³/mol. The number of amides is 1. The molecule has 1 saturated carbocycles. The molecular formula is C22H27FN2O3S. The van der Waals surface area contributed by atoms with Gasteiger partial charge in [0, 0.05) is 6.04 Å². The minimum absolute atomic E-state index is 0.180. The van der Waals surface area contributed by atoms with Gasteiger partial charge in [-0.3, -0.25) is 4.79 Å². The van der Waals surface area contributed by atoms with Gasteiger partial charge >= 0.3 is 0 Å². The van der Waals surface area contributed by atoms with Gasteiger partial charge in [-0.15, -0.1) is 0 Å². The summed E-state index contributed by atoms with van der Waals surface area (Å²) in [5.74, 6) is -0.711. The number of nitrogens with zero attached hydrogens (tertiary/aromatic N) is 1. The normalized spacial score (nSPS) is 16.5. The summed E-state index contributed by atoms with van der Waals surface area (Å²) in [5, 5.41) is 2.84. The molecule has 1 fully saturated rings. The lowest BCUT2D eigenvalue weighted by Gasteiger charge is -2.33. The third-order valence-corrected chi connectivity index (χ3v) is 7.29. The highest BCUT2D eigenvalue weighted by molar-refractivity contribution is 7.89. The van der Waals surface area contributed by atoms with Crippen LogP contribution < -0.4 is 5.32 Å². The van der Waals surface area contributed by atoms with Crippen molar-refractivity contribution in [2.24, 2.45) is 0 Å². The predicted octanol–water partition coefficient (Wildman–Crippen LogP) is 4.03. The summed E-state index contributed by atoms with van der Waals surface area (Å²) in [6.45, 7) is 1.56. The van der Waals surface area contributed by atoms with Crippen LogP contribution in [0.4, 0.5) is 4.39 Å². The molecular weight excluding hydrogens is 391 g/mol. The minimum Gasteiger partial charge on any atom is -0.348 e. The Balaban J connectivity index is 1.77. The average molecular weight is 419 g/mol. The van der Waals surface area contributed by atoms with Crippen molar-refractivity contribution < 1.29 is 17.6 Å². The molecule has 1 atom stereocenters. The van der Waals surface area contributed by atoms with Gasteiger partial charge in [-0.25, -0.2) is 12.8 Å². The van der Waals surface area contributed by atoms with Crippen LogP contribution in [0.25, 0.3) is 0 Å². The van der Waals surface area contributed by atoms with E-state index < -0.39 is 10.0 Å². The van der Waals surface area contributed by atoms with E-state index in [2.05, 4.69) is 5.32 Å². The Kier molecular flexibility index (Phi) is 7.03. The number of nitrogens with one attached hydrogen (secondary N) is 1. The molecule has 0 unspecified atom stereocenters. The fourth-order valence-corrected chi connectivity index (χ4v) is 5.43. The van der Waals surface area contributed by atoms with Gasteiger partial charge in [0.05, 0.1) is 17.5 Å². The van der Waals surface area contributed by atoms with Crippen LogP contribution in [-0.2, 0) is 14.8 Å². The van der Waals surface area contributed by atoms with Gasteiger partial charge in [-0.2, -0.15) is 4.31 Å². The molecule has 0 saturated heterocycles. The number of benzene rings is 2. The molecule has 1 aliphatic rings. The first-order valence-corrected chi connectivity index (χ1v) is 11.4. The van der Waals surface area contributed by atoms with Gasteiger partial charge in [-0.1, -0.05) is 49.6 Å². The van der Waals surface area contributed by atoms with E-state index in [0.29, 0.717) is 0 Å². The van der Waals surface area contributed by atoms with Crippen LogP contribution in [0.15, 0.2) is 59.5 Å². The zero-order valence-electron chi connectivity index (χ0n) is 16.6. The number of carbonyl (C=O) groups is 1. The van der Waals surface area contributed by atoms with Crippen LogP contribution in [0.2, 0.25) is 0 Å². The summed E-state index contributed by atoms with van der Waals surface area (Å²) < 4.78 is 41.0. The summed E-state index contributed by atoms with van der Waals surface area (Å²) >= 11 is 0. The van der Waals surface area contributed by atoms with Crippen molar-refractivity contribution in [3.63, 3.8) is 0 Å². The van der Waals surface area contributed by atoms with Crippen molar-refractivity contribution in [3.05, 3.63) is 66.0 Å². The number of sulfonamides is 1. The lowest BCUT2D eigenvalue weighted by atomic mass is 9.95. The number of rotatable bonds is 7. The van der Waals surface area contributed by atoms with Crippen LogP contribution in [0.5, 0.6) is 0 Å². The molecule has 2 aromatic rings. The molecule has 3 rings (SSSR count). The van der Waals surface area contributed by atoms with Crippen LogP contribution in [-0.4, -0.2) is 31.2 Å². The quantitative estimate of drug-likeness (QED) is 0.738. The first-order chi connectivity index (χ1) is 13.9. The zero-order chi connectivity index (χ0) is 20.9. The highest BCUT2D eigenvalue weighted by Crippen LogP contribution is 2.27. The van der Waals surface area contributed by atoms with Crippen molar-refractivity contribution in [1.29, 1.82) is 0 Å². The van der Waals surface area contributed by atoms with Gasteiger partial charge in [0.15, 0.2) is 0 Å². The van der Waals surface area contributed by atoms with Gasteiger partial charge in [0.1, 0.15) is 5.82 Å². The summed E-state index contributed by atoms with van der Waals surface area (Å²) in [6.07, 6.45) is 4.52. The molecule has 5 nitrogen and oxygen atoms in total. The Bertz CT molecular complexity index is 911. The molecule has 0 spiro atoms. The second kappa shape index (κ2) is 9.50. The second-order valence-electron chi connectivity index (χ2n) is 7.50. The van der Waals surface area contributed by atoms with Gasteiger partial charge in [-0.05, 0) is 49.6 Å². The van der Waals surface area contributed by atoms with Crippen LogP contribution in [0, 0.1) is 5.82 Å². The molecule has 0 radical (unpaired) electrons. The van der Waals surface area contributed by atoms with Gasteiger partial charge < -0.3 is 5.32 Å². The van der Waals surface area contributed by atoms with E-state index in [4.69, 9.17) is 0 Å². The van der Waals surface area contributed by atoms with Crippen molar-refractivity contribution in [3.8, 4) is 0 Å². The Morgan fingerprint density at radius 2 is 1.69 bits per heavy atom.